The van der Waals surface area contributed by atoms with Crippen molar-refractivity contribution in [1.82, 2.24) is 15.2 Å². The second-order valence-electron chi connectivity index (χ2n) is 5.68. The summed E-state index contributed by atoms with van der Waals surface area (Å²) in [7, 11) is -3.32. The number of nitrogens with zero attached hydrogens (tertiary/aromatic N) is 2. The van der Waals surface area contributed by atoms with E-state index in [0.717, 1.165) is 5.56 Å². The van der Waals surface area contributed by atoms with E-state index >= 15 is 0 Å². The fourth-order valence-corrected chi connectivity index (χ4v) is 4.27. The molecule has 3 aromatic rings. The van der Waals surface area contributed by atoms with Crippen LogP contribution in [0.25, 0.3) is 11.1 Å². The molecule has 9 heteroatoms. The van der Waals surface area contributed by atoms with Gasteiger partial charge in [0.05, 0.1) is 20.7 Å². The summed E-state index contributed by atoms with van der Waals surface area (Å²) < 4.78 is 24.2. The summed E-state index contributed by atoms with van der Waals surface area (Å²) in [5.74, 6) is 0.790. The zero-order valence-electron chi connectivity index (χ0n) is 13.8. The first-order chi connectivity index (χ1) is 12.3. The number of aromatic amines is 1. The molecule has 1 heterocycles. The Hall–Kier alpha value is -2.09. The van der Waals surface area contributed by atoms with Crippen LogP contribution in [0.2, 0.25) is 10.0 Å². The molecule has 0 unspecified atom stereocenters. The topological polar surface area (TPSA) is 102 Å². The van der Waals surface area contributed by atoms with Gasteiger partial charge in [0.25, 0.3) is 0 Å². The number of nitrogens with one attached hydrogen (secondary N) is 1. The molecular formula is C17H16Cl2N4O2S. The first-order valence-electron chi connectivity index (χ1n) is 7.78. The van der Waals surface area contributed by atoms with Gasteiger partial charge in [-0.15, -0.1) is 5.10 Å². The number of aromatic nitrogens is 3. The average molecular weight is 411 g/mol. The maximum absolute atomic E-state index is 12.1. The van der Waals surface area contributed by atoms with Crippen molar-refractivity contribution in [3.8, 4) is 11.1 Å². The van der Waals surface area contributed by atoms with Crippen molar-refractivity contribution in [3.05, 3.63) is 57.8 Å². The van der Waals surface area contributed by atoms with Crippen molar-refractivity contribution in [3.63, 3.8) is 0 Å². The van der Waals surface area contributed by atoms with E-state index in [-0.39, 0.29) is 16.6 Å². The van der Waals surface area contributed by atoms with E-state index in [9.17, 15) is 8.42 Å². The molecule has 6 nitrogen and oxygen atoms in total. The first kappa shape index (κ1) is 18.7. The summed E-state index contributed by atoms with van der Waals surface area (Å²) in [6.07, 6.45) is 0.439. The number of hydrogen-bond donors (Lipinski definition) is 2. The van der Waals surface area contributed by atoms with Crippen LogP contribution in [0.4, 0.5) is 5.95 Å². The van der Waals surface area contributed by atoms with Crippen molar-refractivity contribution in [2.75, 3.05) is 11.5 Å². The molecule has 0 aliphatic heterocycles. The Balaban J connectivity index is 2.00. The molecule has 0 bridgehead atoms. The van der Waals surface area contributed by atoms with Gasteiger partial charge in [-0.2, -0.15) is 4.98 Å². The number of sulfone groups is 1. The third-order valence-corrected chi connectivity index (χ3v) is 6.21. The molecule has 0 radical (unpaired) electrons. The Bertz CT molecular complexity index is 1040. The zero-order valence-corrected chi connectivity index (χ0v) is 16.2. The molecule has 0 saturated heterocycles. The van der Waals surface area contributed by atoms with Crippen molar-refractivity contribution in [2.45, 2.75) is 18.2 Å². The number of hydrogen-bond acceptors (Lipinski definition) is 5. The Morgan fingerprint density at radius 2 is 1.85 bits per heavy atom. The number of H-pyrrole nitrogens is 1. The quantitative estimate of drug-likeness (QED) is 0.666. The second-order valence-corrected chi connectivity index (χ2v) is 8.78. The number of nitrogen functional groups attached to an aromatic ring is 1. The van der Waals surface area contributed by atoms with Crippen molar-refractivity contribution in [1.29, 1.82) is 0 Å². The van der Waals surface area contributed by atoms with E-state index < -0.39 is 9.84 Å². The van der Waals surface area contributed by atoms with Crippen molar-refractivity contribution >= 4 is 39.0 Å². The van der Waals surface area contributed by atoms with Gasteiger partial charge < -0.3 is 5.73 Å². The predicted molar refractivity (Wildman–Crippen MR) is 103 cm³/mol. The summed E-state index contributed by atoms with van der Waals surface area (Å²) in [4.78, 5) is 4.29. The van der Waals surface area contributed by atoms with Crippen LogP contribution in [0, 0.1) is 0 Å². The zero-order chi connectivity index (χ0) is 18.9. The normalized spacial score (nSPS) is 11.7. The minimum absolute atomic E-state index is 0.0250. The number of rotatable bonds is 5. The molecule has 0 spiro atoms. The van der Waals surface area contributed by atoms with E-state index in [1.165, 1.54) is 0 Å². The van der Waals surface area contributed by atoms with E-state index in [1.54, 1.807) is 43.3 Å². The van der Waals surface area contributed by atoms with E-state index in [4.69, 9.17) is 28.9 Å². The largest absolute Gasteiger partial charge is 0.367 e. The fraction of sp³-hybridized carbons (Fsp3) is 0.176. The Labute approximate surface area is 161 Å². The van der Waals surface area contributed by atoms with Crippen LogP contribution in [0.1, 0.15) is 18.3 Å². The molecule has 2 aromatic carbocycles. The highest BCUT2D eigenvalue weighted by Crippen LogP contribution is 2.37. The lowest BCUT2D eigenvalue weighted by atomic mass is 10.0. The van der Waals surface area contributed by atoms with Gasteiger partial charge in [-0.25, -0.2) is 8.42 Å². The second kappa shape index (κ2) is 7.26. The third kappa shape index (κ3) is 3.85. The van der Waals surface area contributed by atoms with E-state index in [2.05, 4.69) is 15.2 Å². The molecule has 3 N–H and O–H groups in total. The Morgan fingerprint density at radius 1 is 1.15 bits per heavy atom. The number of anilines is 1. The highest BCUT2D eigenvalue weighted by atomic mass is 35.5. The Morgan fingerprint density at radius 3 is 2.42 bits per heavy atom. The molecule has 0 amide bonds. The van der Waals surface area contributed by atoms with Crippen LogP contribution in [0.15, 0.2) is 41.3 Å². The number of halogens is 2. The monoisotopic (exact) mass is 410 g/mol. The maximum Gasteiger partial charge on any atom is 0.239 e. The third-order valence-electron chi connectivity index (χ3n) is 3.88. The summed E-state index contributed by atoms with van der Waals surface area (Å²) in [5, 5.41) is 7.36. The van der Waals surface area contributed by atoms with Crippen LogP contribution in [0.5, 0.6) is 0 Å². The van der Waals surface area contributed by atoms with Gasteiger partial charge >= 0.3 is 0 Å². The van der Waals surface area contributed by atoms with Gasteiger partial charge in [0, 0.05) is 12.0 Å². The van der Waals surface area contributed by atoms with Crippen LogP contribution >= 0.6 is 23.2 Å². The molecule has 0 atom stereocenters. The molecule has 0 aliphatic rings. The molecule has 136 valence electrons. The van der Waals surface area contributed by atoms with Gasteiger partial charge in [0.1, 0.15) is 5.82 Å². The van der Waals surface area contributed by atoms with Crippen molar-refractivity contribution in [2.24, 2.45) is 0 Å². The highest BCUT2D eigenvalue weighted by molar-refractivity contribution is 7.91. The SMILES string of the molecule is CCS(=O)(=O)c1cccc(-c2c(Cl)cc(Cc3nc(N)n[nH]3)cc2Cl)c1. The molecule has 3 rings (SSSR count). The summed E-state index contributed by atoms with van der Waals surface area (Å²) in [5.41, 5.74) is 7.56. The average Bonchev–Trinajstić information content (AvgIpc) is 2.99. The first-order valence-corrected chi connectivity index (χ1v) is 10.2. The number of nitrogens with two attached hydrogens (primary N) is 1. The molecule has 1 aromatic heterocycles. The van der Waals surface area contributed by atoms with Gasteiger partial charge in [-0.05, 0) is 35.4 Å². The molecular weight excluding hydrogens is 395 g/mol. The lowest BCUT2D eigenvalue weighted by Gasteiger charge is -2.11. The molecule has 0 saturated carbocycles. The van der Waals surface area contributed by atoms with Crippen LogP contribution in [0.3, 0.4) is 0 Å². The summed E-state index contributed by atoms with van der Waals surface area (Å²) >= 11 is 12.9. The lowest BCUT2D eigenvalue weighted by molar-refractivity contribution is 0.597. The molecule has 0 fully saturated rings. The Kier molecular flexibility index (Phi) is 5.22. The van der Waals surface area contributed by atoms with Crippen molar-refractivity contribution < 1.29 is 8.42 Å². The van der Waals surface area contributed by atoms with Crippen LogP contribution in [-0.2, 0) is 16.3 Å². The van der Waals surface area contributed by atoms with Gasteiger partial charge in [-0.3, -0.25) is 5.10 Å². The van der Waals surface area contributed by atoms with E-state index in [0.29, 0.717) is 33.4 Å². The van der Waals surface area contributed by atoms with Gasteiger partial charge in [0.15, 0.2) is 9.84 Å². The van der Waals surface area contributed by atoms with E-state index in [1.807, 2.05) is 0 Å². The minimum atomic E-state index is -3.32. The standard InChI is InChI=1S/C17H16Cl2N4O2S/c1-2-26(24,25)12-5-3-4-11(9-12)16-13(18)6-10(7-14(16)19)8-15-21-17(20)23-22-15/h3-7,9H,2,8H2,1H3,(H3,20,21,22,23). The van der Waals surface area contributed by atoms with Crippen LogP contribution in [-0.4, -0.2) is 29.4 Å². The smallest absolute Gasteiger partial charge is 0.239 e. The van der Waals surface area contributed by atoms with Gasteiger partial charge in [-0.1, -0.05) is 42.3 Å². The highest BCUT2D eigenvalue weighted by Gasteiger charge is 2.16. The number of benzene rings is 2. The molecule has 0 aliphatic carbocycles. The maximum atomic E-state index is 12.1. The fourth-order valence-electron chi connectivity index (χ4n) is 2.60. The van der Waals surface area contributed by atoms with Crippen LogP contribution < -0.4 is 5.73 Å². The summed E-state index contributed by atoms with van der Waals surface area (Å²) in [6.45, 7) is 1.60. The minimum Gasteiger partial charge on any atom is -0.367 e. The summed E-state index contributed by atoms with van der Waals surface area (Å²) in [6, 6.07) is 10.1. The predicted octanol–water partition coefficient (Wildman–Crippen LogP) is 3.75. The molecule has 26 heavy (non-hydrogen) atoms. The lowest BCUT2D eigenvalue weighted by Crippen LogP contribution is -2.03. The van der Waals surface area contributed by atoms with Gasteiger partial charge in [0.2, 0.25) is 5.95 Å².